The molecule has 1 rings (SSSR count). The maximum atomic E-state index is 5.85. The zero-order valence-electron chi connectivity index (χ0n) is 7.55. The first-order valence-corrected chi connectivity index (χ1v) is 4.45. The number of likely N-dealkylation sites (N-methyl/N-ethyl adjacent to an activating group) is 1. The highest BCUT2D eigenvalue weighted by Crippen LogP contribution is 2.10. The van der Waals surface area contributed by atoms with Crippen molar-refractivity contribution in [3.8, 4) is 0 Å². The van der Waals surface area contributed by atoms with Gasteiger partial charge in [0.05, 0.1) is 0 Å². The minimum Gasteiger partial charge on any atom is -0.309 e. The van der Waals surface area contributed by atoms with Gasteiger partial charge in [-0.2, -0.15) is 0 Å². The lowest BCUT2D eigenvalue weighted by Crippen LogP contribution is -2.14. The number of hydrogen-bond donors (Lipinski definition) is 0. The predicted molar refractivity (Wildman–Crippen MR) is 53.7 cm³/mol. The summed E-state index contributed by atoms with van der Waals surface area (Å²) in [5.74, 6) is 0. The van der Waals surface area contributed by atoms with Gasteiger partial charge in [-0.15, -0.1) is 0 Å². The molecule has 0 saturated carbocycles. The Labute approximate surface area is 79.0 Å². The fraction of sp³-hybridized carbons (Fsp3) is 0.400. The molecule has 12 heavy (non-hydrogen) atoms. The molecule has 0 aliphatic rings. The number of hydrogen-bond acceptors (Lipinski definition) is 1. The molecule has 66 valence electrons. The van der Waals surface area contributed by atoms with Crippen LogP contribution in [0.15, 0.2) is 24.3 Å². The lowest BCUT2D eigenvalue weighted by atomic mass is 10.1. The Morgan fingerprint density at radius 2 is 2.08 bits per heavy atom. The van der Waals surface area contributed by atoms with E-state index in [1.165, 1.54) is 5.56 Å². The Kier molecular flexibility index (Phi) is 3.57. The standard InChI is InChI=1S/C10H14ClN/c1-12(2)7-6-9-4-3-5-10(11)8-9/h3-5,8H,6-7H2,1-2H3. The Morgan fingerprint density at radius 3 is 2.67 bits per heavy atom. The van der Waals surface area contributed by atoms with Crippen molar-refractivity contribution in [2.45, 2.75) is 6.42 Å². The molecule has 0 aliphatic heterocycles. The van der Waals surface area contributed by atoms with E-state index in [1.54, 1.807) is 0 Å². The average molecular weight is 184 g/mol. The van der Waals surface area contributed by atoms with Crippen LogP contribution in [0.4, 0.5) is 0 Å². The summed E-state index contributed by atoms with van der Waals surface area (Å²) < 4.78 is 0. The van der Waals surface area contributed by atoms with Crippen molar-refractivity contribution in [1.82, 2.24) is 4.90 Å². The van der Waals surface area contributed by atoms with Crippen LogP contribution >= 0.6 is 11.6 Å². The molecule has 1 aromatic carbocycles. The molecule has 1 nitrogen and oxygen atoms in total. The molecule has 0 heterocycles. The van der Waals surface area contributed by atoms with Gasteiger partial charge in [0, 0.05) is 11.6 Å². The highest BCUT2D eigenvalue weighted by molar-refractivity contribution is 6.30. The van der Waals surface area contributed by atoms with Crippen LogP contribution in [-0.4, -0.2) is 25.5 Å². The summed E-state index contributed by atoms with van der Waals surface area (Å²) in [6, 6.07) is 8.02. The van der Waals surface area contributed by atoms with Gasteiger partial charge in [0.15, 0.2) is 0 Å². The van der Waals surface area contributed by atoms with Crippen LogP contribution in [0.5, 0.6) is 0 Å². The molecular formula is C10H14ClN. The van der Waals surface area contributed by atoms with Crippen molar-refractivity contribution in [1.29, 1.82) is 0 Å². The fourth-order valence-electron chi connectivity index (χ4n) is 1.05. The summed E-state index contributed by atoms with van der Waals surface area (Å²) in [7, 11) is 4.15. The van der Waals surface area contributed by atoms with Crippen LogP contribution in [-0.2, 0) is 6.42 Å². The van der Waals surface area contributed by atoms with Crippen molar-refractivity contribution in [2.75, 3.05) is 20.6 Å². The number of rotatable bonds is 3. The van der Waals surface area contributed by atoms with Gasteiger partial charge in [0.25, 0.3) is 0 Å². The third kappa shape index (κ3) is 3.24. The van der Waals surface area contributed by atoms with E-state index in [0.29, 0.717) is 0 Å². The Hall–Kier alpha value is -0.530. The van der Waals surface area contributed by atoms with E-state index in [9.17, 15) is 0 Å². The van der Waals surface area contributed by atoms with Crippen molar-refractivity contribution >= 4 is 11.6 Å². The third-order valence-corrected chi connectivity index (χ3v) is 1.97. The Balaban J connectivity index is 2.52. The number of halogens is 1. The molecule has 1 aromatic rings. The lowest BCUT2D eigenvalue weighted by molar-refractivity contribution is 0.413. The maximum Gasteiger partial charge on any atom is 0.0408 e. The molecule has 0 saturated heterocycles. The van der Waals surface area contributed by atoms with Crippen molar-refractivity contribution in [3.05, 3.63) is 34.9 Å². The van der Waals surface area contributed by atoms with Crippen LogP contribution in [0.3, 0.4) is 0 Å². The molecule has 0 spiro atoms. The second-order valence-electron chi connectivity index (χ2n) is 3.18. The molecule has 2 heteroatoms. The van der Waals surface area contributed by atoms with Gasteiger partial charge < -0.3 is 4.90 Å². The minimum atomic E-state index is 0.825. The van der Waals surface area contributed by atoms with Crippen LogP contribution < -0.4 is 0 Å². The van der Waals surface area contributed by atoms with Gasteiger partial charge in [-0.25, -0.2) is 0 Å². The third-order valence-electron chi connectivity index (χ3n) is 1.74. The SMILES string of the molecule is CN(C)CCc1cccc(Cl)c1. The van der Waals surface area contributed by atoms with Crippen molar-refractivity contribution in [3.63, 3.8) is 0 Å². The second kappa shape index (κ2) is 4.48. The summed E-state index contributed by atoms with van der Waals surface area (Å²) >= 11 is 5.85. The molecule has 0 N–H and O–H groups in total. The smallest absolute Gasteiger partial charge is 0.0408 e. The van der Waals surface area contributed by atoms with Crippen LogP contribution in [0.2, 0.25) is 5.02 Å². The van der Waals surface area contributed by atoms with E-state index in [1.807, 2.05) is 18.2 Å². The minimum absolute atomic E-state index is 0.825. The summed E-state index contributed by atoms with van der Waals surface area (Å²) in [4.78, 5) is 2.17. The van der Waals surface area contributed by atoms with E-state index < -0.39 is 0 Å². The van der Waals surface area contributed by atoms with Gasteiger partial charge in [-0.05, 0) is 38.2 Å². The lowest BCUT2D eigenvalue weighted by Gasteiger charge is -2.08. The molecule has 0 bridgehead atoms. The predicted octanol–water partition coefficient (Wildman–Crippen LogP) is 2.44. The van der Waals surface area contributed by atoms with Crippen LogP contribution in [0, 0.1) is 0 Å². The van der Waals surface area contributed by atoms with E-state index in [4.69, 9.17) is 11.6 Å². The molecule has 0 aromatic heterocycles. The van der Waals surface area contributed by atoms with Gasteiger partial charge in [0.1, 0.15) is 0 Å². The molecule has 0 radical (unpaired) electrons. The van der Waals surface area contributed by atoms with E-state index in [-0.39, 0.29) is 0 Å². The first-order valence-electron chi connectivity index (χ1n) is 4.07. The van der Waals surface area contributed by atoms with Gasteiger partial charge in [-0.1, -0.05) is 23.7 Å². The van der Waals surface area contributed by atoms with Crippen molar-refractivity contribution in [2.24, 2.45) is 0 Å². The van der Waals surface area contributed by atoms with Crippen LogP contribution in [0.1, 0.15) is 5.56 Å². The fourth-order valence-corrected chi connectivity index (χ4v) is 1.26. The van der Waals surface area contributed by atoms with Gasteiger partial charge in [0.2, 0.25) is 0 Å². The summed E-state index contributed by atoms with van der Waals surface area (Å²) in [6.07, 6.45) is 1.06. The quantitative estimate of drug-likeness (QED) is 0.696. The van der Waals surface area contributed by atoms with Gasteiger partial charge in [-0.3, -0.25) is 0 Å². The summed E-state index contributed by atoms with van der Waals surface area (Å²) in [6.45, 7) is 1.07. The van der Waals surface area contributed by atoms with Crippen molar-refractivity contribution < 1.29 is 0 Å². The van der Waals surface area contributed by atoms with E-state index in [0.717, 1.165) is 18.0 Å². The molecule has 0 unspecified atom stereocenters. The number of benzene rings is 1. The Morgan fingerprint density at radius 1 is 1.33 bits per heavy atom. The Bertz CT molecular complexity index is 245. The first kappa shape index (κ1) is 9.56. The topological polar surface area (TPSA) is 3.24 Å². The van der Waals surface area contributed by atoms with E-state index in [2.05, 4.69) is 25.1 Å². The second-order valence-corrected chi connectivity index (χ2v) is 3.62. The highest BCUT2D eigenvalue weighted by atomic mass is 35.5. The summed E-state index contributed by atoms with van der Waals surface area (Å²) in [5, 5.41) is 0.825. The molecule has 0 amide bonds. The zero-order valence-corrected chi connectivity index (χ0v) is 8.30. The maximum absolute atomic E-state index is 5.85. The molecule has 0 fully saturated rings. The monoisotopic (exact) mass is 183 g/mol. The van der Waals surface area contributed by atoms with Crippen LogP contribution in [0.25, 0.3) is 0 Å². The largest absolute Gasteiger partial charge is 0.309 e. The van der Waals surface area contributed by atoms with Gasteiger partial charge >= 0.3 is 0 Å². The van der Waals surface area contributed by atoms with E-state index >= 15 is 0 Å². The zero-order chi connectivity index (χ0) is 8.97. The highest BCUT2D eigenvalue weighted by Gasteiger charge is 1.94. The first-order chi connectivity index (χ1) is 5.68. The summed E-state index contributed by atoms with van der Waals surface area (Å²) in [5.41, 5.74) is 1.30. The molecule has 0 atom stereocenters. The average Bonchev–Trinajstić information content (AvgIpc) is 2.01. The number of nitrogens with zero attached hydrogens (tertiary/aromatic N) is 1. The normalized spacial score (nSPS) is 10.7. The molecule has 0 aliphatic carbocycles. The molecular weight excluding hydrogens is 170 g/mol.